The van der Waals surface area contributed by atoms with Crippen molar-refractivity contribution in [3.8, 4) is 5.75 Å². The quantitative estimate of drug-likeness (QED) is 0.762. The van der Waals surface area contributed by atoms with E-state index in [0.29, 0.717) is 11.1 Å². The summed E-state index contributed by atoms with van der Waals surface area (Å²) in [5.41, 5.74) is 1.89. The Morgan fingerprint density at radius 3 is 2.37 bits per heavy atom. The van der Waals surface area contributed by atoms with Crippen LogP contribution in [0.1, 0.15) is 6.42 Å². The molecule has 0 bridgehead atoms. The highest BCUT2D eigenvalue weighted by Gasteiger charge is 2.38. The molecule has 0 unspecified atom stereocenters. The highest BCUT2D eigenvalue weighted by atomic mass is 16.7. The highest BCUT2D eigenvalue weighted by molar-refractivity contribution is 5.90. The standard InChI is InChI=1S/C21H27N3O3/c1-26-20-11-7-6-10-19(20)24(27-2)16-14-23(15-17-24)13-12-21(25)22-18-8-4-3-5-9-18/h3-11H,12-17H2,1-2H3/p+1. The van der Waals surface area contributed by atoms with E-state index in [1.165, 1.54) is 0 Å². The summed E-state index contributed by atoms with van der Waals surface area (Å²) in [4.78, 5) is 20.4. The molecular formula is C21H28N3O3+. The van der Waals surface area contributed by atoms with Crippen LogP contribution in [0.4, 0.5) is 11.4 Å². The van der Waals surface area contributed by atoms with E-state index in [2.05, 4.69) is 16.3 Å². The minimum atomic E-state index is 0.0454. The van der Waals surface area contributed by atoms with Gasteiger partial charge in [-0.2, -0.15) is 0 Å². The molecule has 0 radical (unpaired) electrons. The number of nitrogens with zero attached hydrogens (tertiary/aromatic N) is 2. The number of rotatable bonds is 7. The molecule has 1 amide bonds. The van der Waals surface area contributed by atoms with E-state index in [1.54, 1.807) is 14.2 Å². The van der Waals surface area contributed by atoms with Gasteiger partial charge in [0.2, 0.25) is 11.6 Å². The Morgan fingerprint density at radius 1 is 1.04 bits per heavy atom. The average molecular weight is 370 g/mol. The lowest BCUT2D eigenvalue weighted by Crippen LogP contribution is -2.60. The predicted octanol–water partition coefficient (Wildman–Crippen LogP) is 2.91. The van der Waals surface area contributed by atoms with Gasteiger partial charge >= 0.3 is 0 Å². The van der Waals surface area contributed by atoms with Crippen LogP contribution in [0.2, 0.25) is 0 Å². The minimum absolute atomic E-state index is 0.0454. The second-order valence-corrected chi connectivity index (χ2v) is 6.70. The van der Waals surface area contributed by atoms with Gasteiger partial charge in [-0.05, 0) is 18.2 Å². The summed E-state index contributed by atoms with van der Waals surface area (Å²) in [6.45, 7) is 4.11. The number of anilines is 1. The summed E-state index contributed by atoms with van der Waals surface area (Å²) in [5, 5.41) is 2.94. The third kappa shape index (κ3) is 4.66. The van der Waals surface area contributed by atoms with E-state index in [-0.39, 0.29) is 5.91 Å². The fraction of sp³-hybridized carbons (Fsp3) is 0.381. The number of amides is 1. The molecule has 1 aliphatic rings. The number of methoxy groups -OCH3 is 1. The molecule has 144 valence electrons. The number of nitrogens with one attached hydrogen (secondary N) is 1. The van der Waals surface area contributed by atoms with Crippen LogP contribution in [0.25, 0.3) is 0 Å². The molecule has 1 fully saturated rings. The van der Waals surface area contributed by atoms with E-state index in [9.17, 15) is 4.79 Å². The lowest BCUT2D eigenvalue weighted by Gasteiger charge is -2.41. The molecule has 0 aromatic heterocycles. The van der Waals surface area contributed by atoms with Gasteiger partial charge in [0.15, 0.2) is 5.75 Å². The van der Waals surface area contributed by atoms with E-state index in [4.69, 9.17) is 9.57 Å². The third-order valence-corrected chi connectivity index (χ3v) is 5.14. The van der Waals surface area contributed by atoms with E-state index in [0.717, 1.165) is 49.8 Å². The molecule has 3 rings (SSSR count). The Hall–Kier alpha value is -2.41. The Bertz CT molecular complexity index is 743. The van der Waals surface area contributed by atoms with Crippen LogP contribution in [0, 0.1) is 0 Å². The number of ether oxygens (including phenoxy) is 1. The van der Waals surface area contributed by atoms with E-state index < -0.39 is 0 Å². The van der Waals surface area contributed by atoms with Crippen molar-refractivity contribution in [2.24, 2.45) is 0 Å². The van der Waals surface area contributed by atoms with Gasteiger partial charge in [-0.3, -0.25) is 9.69 Å². The molecule has 6 heteroatoms. The maximum atomic E-state index is 12.2. The molecule has 1 N–H and O–H groups in total. The number of benzene rings is 2. The van der Waals surface area contributed by atoms with Crippen LogP contribution >= 0.6 is 0 Å². The van der Waals surface area contributed by atoms with Gasteiger partial charge in [-0.1, -0.05) is 30.3 Å². The number of hydroxylamine groups is 2. The number of piperazine rings is 1. The van der Waals surface area contributed by atoms with E-state index in [1.807, 2.05) is 48.5 Å². The van der Waals surface area contributed by atoms with Crippen molar-refractivity contribution in [2.75, 3.05) is 52.3 Å². The Labute approximate surface area is 160 Å². The number of hydrogen-bond acceptors (Lipinski definition) is 4. The second-order valence-electron chi connectivity index (χ2n) is 6.70. The molecule has 6 nitrogen and oxygen atoms in total. The minimum Gasteiger partial charge on any atom is -0.491 e. The van der Waals surface area contributed by atoms with Crippen molar-refractivity contribution in [1.29, 1.82) is 0 Å². The van der Waals surface area contributed by atoms with Gasteiger partial charge in [0.25, 0.3) is 0 Å². The molecule has 0 saturated carbocycles. The molecule has 0 aliphatic carbocycles. The molecule has 2 aromatic rings. The summed E-state index contributed by atoms with van der Waals surface area (Å²) in [6, 6.07) is 17.6. The summed E-state index contributed by atoms with van der Waals surface area (Å²) >= 11 is 0. The fourth-order valence-electron chi connectivity index (χ4n) is 3.55. The zero-order valence-electron chi connectivity index (χ0n) is 16.1. The lowest BCUT2D eigenvalue weighted by molar-refractivity contribution is -0.142. The molecule has 1 aliphatic heterocycles. The van der Waals surface area contributed by atoms with Gasteiger partial charge < -0.3 is 10.1 Å². The molecule has 0 atom stereocenters. The smallest absolute Gasteiger partial charge is 0.225 e. The number of carbonyl (C=O) groups is 1. The van der Waals surface area contributed by atoms with Crippen LogP contribution in [-0.2, 0) is 9.63 Å². The van der Waals surface area contributed by atoms with Crippen molar-refractivity contribution >= 4 is 17.3 Å². The Morgan fingerprint density at radius 2 is 1.70 bits per heavy atom. The molecular weight excluding hydrogens is 342 g/mol. The van der Waals surface area contributed by atoms with Gasteiger partial charge in [0, 0.05) is 24.7 Å². The third-order valence-electron chi connectivity index (χ3n) is 5.14. The molecule has 1 saturated heterocycles. The first-order valence-corrected chi connectivity index (χ1v) is 9.30. The number of para-hydroxylation sites is 3. The highest BCUT2D eigenvalue weighted by Crippen LogP contribution is 2.34. The van der Waals surface area contributed by atoms with E-state index >= 15 is 0 Å². The van der Waals surface area contributed by atoms with Crippen LogP contribution in [0.5, 0.6) is 5.75 Å². The topological polar surface area (TPSA) is 50.8 Å². The number of hydrogen-bond donors (Lipinski definition) is 1. The van der Waals surface area contributed by atoms with Crippen molar-refractivity contribution in [2.45, 2.75) is 6.42 Å². The normalized spacial score (nSPS) is 16.7. The molecule has 0 spiro atoms. The summed E-state index contributed by atoms with van der Waals surface area (Å²) in [6.07, 6.45) is 0.483. The molecule has 1 heterocycles. The monoisotopic (exact) mass is 370 g/mol. The maximum Gasteiger partial charge on any atom is 0.225 e. The average Bonchev–Trinajstić information content (AvgIpc) is 2.73. The SMILES string of the molecule is COc1ccccc1[N+]1(OC)CCN(CCC(=O)Nc2ccccc2)CC1. The second kappa shape index (κ2) is 8.99. The van der Waals surface area contributed by atoms with Crippen molar-refractivity contribution in [3.05, 3.63) is 54.6 Å². The molecule has 2 aromatic carbocycles. The number of carbonyl (C=O) groups excluding carboxylic acids is 1. The van der Waals surface area contributed by atoms with Crippen molar-refractivity contribution in [1.82, 2.24) is 9.55 Å². The van der Waals surface area contributed by atoms with Crippen molar-refractivity contribution < 1.29 is 14.4 Å². The van der Waals surface area contributed by atoms with Crippen LogP contribution in [0.3, 0.4) is 0 Å². The van der Waals surface area contributed by atoms with Gasteiger partial charge in [0.1, 0.15) is 13.1 Å². The first-order valence-electron chi connectivity index (χ1n) is 9.30. The van der Waals surface area contributed by atoms with Crippen molar-refractivity contribution in [3.63, 3.8) is 0 Å². The predicted molar refractivity (Wildman–Crippen MR) is 108 cm³/mol. The fourth-order valence-corrected chi connectivity index (χ4v) is 3.55. The van der Waals surface area contributed by atoms with Gasteiger partial charge in [0.05, 0.1) is 27.3 Å². The largest absolute Gasteiger partial charge is 0.491 e. The summed E-state index contributed by atoms with van der Waals surface area (Å²) < 4.78 is 5.97. The first-order chi connectivity index (χ1) is 13.2. The van der Waals surface area contributed by atoms with Crippen LogP contribution in [-0.4, -0.2) is 57.8 Å². The molecule has 27 heavy (non-hydrogen) atoms. The summed E-state index contributed by atoms with van der Waals surface area (Å²) in [7, 11) is 3.43. The zero-order chi connectivity index (χ0) is 19.1. The van der Waals surface area contributed by atoms with Gasteiger partial charge in [-0.25, -0.2) is 4.84 Å². The van der Waals surface area contributed by atoms with Crippen LogP contribution in [0.15, 0.2) is 54.6 Å². The zero-order valence-corrected chi connectivity index (χ0v) is 16.1. The Kier molecular flexibility index (Phi) is 6.45. The lowest BCUT2D eigenvalue weighted by atomic mass is 10.2. The van der Waals surface area contributed by atoms with Gasteiger partial charge in [-0.15, -0.1) is 4.65 Å². The number of quaternary nitrogens is 1. The van der Waals surface area contributed by atoms with Crippen LogP contribution < -0.4 is 14.7 Å². The maximum absolute atomic E-state index is 12.2. The first kappa shape index (κ1) is 19.4. The summed E-state index contributed by atoms with van der Waals surface area (Å²) in [5.74, 6) is 0.888. The Balaban J connectivity index is 1.54.